The molecule has 0 aliphatic carbocycles. The molecule has 1 aliphatic rings. The van der Waals surface area contributed by atoms with E-state index in [1.54, 1.807) is 49.5 Å². The van der Waals surface area contributed by atoms with Gasteiger partial charge in [0.1, 0.15) is 13.2 Å². The number of amides is 2. The fourth-order valence-electron chi connectivity index (χ4n) is 2.42. The minimum absolute atomic E-state index is 0.0735. The van der Waals surface area contributed by atoms with Gasteiger partial charge in [-0.1, -0.05) is 11.6 Å². The SMILES string of the molecule is CN(CC(=O)Nc1ccc(Cl)cc1)C(=O)c1ccc2c(c1)OCCO2. The van der Waals surface area contributed by atoms with Crippen LogP contribution >= 0.6 is 11.6 Å². The summed E-state index contributed by atoms with van der Waals surface area (Å²) < 4.78 is 10.9. The maximum atomic E-state index is 12.5. The van der Waals surface area contributed by atoms with E-state index >= 15 is 0 Å². The van der Waals surface area contributed by atoms with Gasteiger partial charge in [-0.2, -0.15) is 0 Å². The largest absolute Gasteiger partial charge is 0.486 e. The van der Waals surface area contributed by atoms with Gasteiger partial charge < -0.3 is 19.7 Å². The molecule has 2 aromatic rings. The van der Waals surface area contributed by atoms with Crippen molar-refractivity contribution in [3.8, 4) is 11.5 Å². The summed E-state index contributed by atoms with van der Waals surface area (Å²) in [5.74, 6) is 0.584. The summed E-state index contributed by atoms with van der Waals surface area (Å²) in [6, 6.07) is 11.7. The molecule has 130 valence electrons. The molecule has 0 saturated carbocycles. The van der Waals surface area contributed by atoms with Gasteiger partial charge in [-0.15, -0.1) is 0 Å². The number of halogens is 1. The molecule has 0 bridgehead atoms. The highest BCUT2D eigenvalue weighted by Crippen LogP contribution is 2.31. The lowest BCUT2D eigenvalue weighted by Crippen LogP contribution is -2.35. The number of anilines is 1. The Morgan fingerprint density at radius 3 is 2.48 bits per heavy atom. The van der Waals surface area contributed by atoms with Crippen LogP contribution in [-0.4, -0.2) is 43.5 Å². The van der Waals surface area contributed by atoms with Gasteiger partial charge in [0, 0.05) is 23.3 Å². The summed E-state index contributed by atoms with van der Waals surface area (Å²) >= 11 is 5.81. The lowest BCUT2D eigenvalue weighted by molar-refractivity contribution is -0.116. The first-order valence-corrected chi connectivity index (χ1v) is 8.11. The fraction of sp³-hybridized carbons (Fsp3) is 0.222. The van der Waals surface area contributed by atoms with E-state index in [9.17, 15) is 9.59 Å². The lowest BCUT2D eigenvalue weighted by atomic mass is 10.1. The van der Waals surface area contributed by atoms with Crippen molar-refractivity contribution in [3.63, 3.8) is 0 Å². The molecule has 0 aromatic heterocycles. The summed E-state index contributed by atoms with van der Waals surface area (Å²) in [7, 11) is 1.57. The zero-order chi connectivity index (χ0) is 17.8. The van der Waals surface area contributed by atoms with Gasteiger partial charge in [-0.25, -0.2) is 0 Å². The van der Waals surface area contributed by atoms with Gasteiger partial charge >= 0.3 is 0 Å². The Kier molecular flexibility index (Phi) is 5.09. The van der Waals surface area contributed by atoms with Crippen molar-refractivity contribution in [2.75, 3.05) is 32.1 Å². The Bertz CT molecular complexity index is 792. The molecule has 6 nitrogen and oxygen atoms in total. The highest BCUT2D eigenvalue weighted by atomic mass is 35.5. The monoisotopic (exact) mass is 360 g/mol. The van der Waals surface area contributed by atoms with Crippen LogP contribution in [0.2, 0.25) is 5.02 Å². The van der Waals surface area contributed by atoms with Gasteiger partial charge in [0.15, 0.2) is 11.5 Å². The molecule has 0 atom stereocenters. The van der Waals surface area contributed by atoms with Crippen LogP contribution in [-0.2, 0) is 4.79 Å². The van der Waals surface area contributed by atoms with Crippen LogP contribution in [0, 0.1) is 0 Å². The molecule has 7 heteroatoms. The van der Waals surface area contributed by atoms with Crippen LogP contribution in [0.25, 0.3) is 0 Å². The summed E-state index contributed by atoms with van der Waals surface area (Å²) in [6.45, 7) is 0.866. The smallest absolute Gasteiger partial charge is 0.254 e. The first-order chi connectivity index (χ1) is 12.0. The van der Waals surface area contributed by atoms with Crippen molar-refractivity contribution in [3.05, 3.63) is 53.1 Å². The van der Waals surface area contributed by atoms with Crippen molar-refractivity contribution in [2.45, 2.75) is 0 Å². The predicted molar refractivity (Wildman–Crippen MR) is 94.5 cm³/mol. The highest BCUT2D eigenvalue weighted by molar-refractivity contribution is 6.30. The quantitative estimate of drug-likeness (QED) is 0.910. The third-order valence-electron chi connectivity index (χ3n) is 3.64. The first kappa shape index (κ1) is 17.1. The number of nitrogens with zero attached hydrogens (tertiary/aromatic N) is 1. The molecule has 1 N–H and O–H groups in total. The molecule has 0 radical (unpaired) electrons. The van der Waals surface area contributed by atoms with Crippen molar-refractivity contribution in [1.82, 2.24) is 4.90 Å². The maximum Gasteiger partial charge on any atom is 0.254 e. The van der Waals surface area contributed by atoms with Gasteiger partial charge in [0.2, 0.25) is 5.91 Å². The molecule has 25 heavy (non-hydrogen) atoms. The number of hydrogen-bond acceptors (Lipinski definition) is 4. The molecule has 1 heterocycles. The normalized spacial score (nSPS) is 12.4. The Morgan fingerprint density at radius 2 is 1.76 bits per heavy atom. The first-order valence-electron chi connectivity index (χ1n) is 7.73. The average molecular weight is 361 g/mol. The second-order valence-electron chi connectivity index (χ2n) is 5.57. The van der Waals surface area contributed by atoms with Crippen molar-refractivity contribution in [2.24, 2.45) is 0 Å². The van der Waals surface area contributed by atoms with Gasteiger partial charge in [0.25, 0.3) is 5.91 Å². The molecule has 0 unspecified atom stereocenters. The molecule has 3 rings (SSSR count). The number of hydrogen-bond donors (Lipinski definition) is 1. The zero-order valence-electron chi connectivity index (χ0n) is 13.6. The molecule has 0 spiro atoms. The molecular formula is C18H17ClN2O4. The summed E-state index contributed by atoms with van der Waals surface area (Å²) in [6.07, 6.45) is 0. The molecule has 2 aromatic carbocycles. The minimum atomic E-state index is -0.296. The van der Waals surface area contributed by atoms with Crippen LogP contribution in [0.3, 0.4) is 0 Å². The van der Waals surface area contributed by atoms with E-state index < -0.39 is 0 Å². The maximum absolute atomic E-state index is 12.5. The second-order valence-corrected chi connectivity index (χ2v) is 6.01. The summed E-state index contributed by atoms with van der Waals surface area (Å²) in [4.78, 5) is 25.9. The van der Waals surface area contributed by atoms with Crippen LogP contribution in [0.4, 0.5) is 5.69 Å². The molecule has 1 aliphatic heterocycles. The van der Waals surface area contributed by atoms with Crippen LogP contribution in [0.15, 0.2) is 42.5 Å². The molecular weight excluding hydrogens is 344 g/mol. The number of carbonyl (C=O) groups excluding carboxylic acids is 2. The van der Waals surface area contributed by atoms with Crippen molar-refractivity contribution in [1.29, 1.82) is 0 Å². The second kappa shape index (κ2) is 7.44. The predicted octanol–water partition coefficient (Wildman–Crippen LogP) is 2.82. The Balaban J connectivity index is 1.62. The third-order valence-corrected chi connectivity index (χ3v) is 3.90. The van der Waals surface area contributed by atoms with Gasteiger partial charge in [0.05, 0.1) is 6.54 Å². The Labute approximate surface area is 150 Å². The fourth-order valence-corrected chi connectivity index (χ4v) is 2.54. The third kappa shape index (κ3) is 4.22. The Hall–Kier alpha value is -2.73. The number of benzene rings is 2. The van der Waals surface area contributed by atoms with Crippen LogP contribution in [0.5, 0.6) is 11.5 Å². The molecule has 0 saturated heterocycles. The average Bonchev–Trinajstić information content (AvgIpc) is 2.62. The van der Waals surface area contributed by atoms with E-state index in [4.69, 9.17) is 21.1 Å². The van der Waals surface area contributed by atoms with Crippen LogP contribution < -0.4 is 14.8 Å². The van der Waals surface area contributed by atoms with E-state index in [2.05, 4.69) is 5.32 Å². The van der Waals surface area contributed by atoms with Gasteiger partial charge in [-0.3, -0.25) is 9.59 Å². The number of likely N-dealkylation sites (N-methyl/N-ethyl adjacent to an activating group) is 1. The van der Waals surface area contributed by atoms with Crippen molar-refractivity contribution >= 4 is 29.1 Å². The Morgan fingerprint density at radius 1 is 1.08 bits per heavy atom. The standard InChI is InChI=1S/C18H17ClN2O4/c1-21(11-17(22)20-14-5-3-13(19)4-6-14)18(23)12-2-7-15-16(10-12)25-9-8-24-15/h2-7,10H,8-9,11H2,1H3,(H,20,22). The number of fused-ring (bicyclic) bond motifs is 1. The van der Waals surface area contributed by atoms with E-state index in [0.717, 1.165) is 0 Å². The van der Waals surface area contributed by atoms with E-state index in [1.807, 2.05) is 0 Å². The topological polar surface area (TPSA) is 67.9 Å². The minimum Gasteiger partial charge on any atom is -0.486 e. The molecule has 2 amide bonds. The summed E-state index contributed by atoms with van der Waals surface area (Å²) in [5, 5.41) is 3.31. The lowest BCUT2D eigenvalue weighted by Gasteiger charge is -2.20. The molecule has 0 fully saturated rings. The number of ether oxygens (including phenoxy) is 2. The van der Waals surface area contributed by atoms with E-state index in [0.29, 0.717) is 41.0 Å². The number of nitrogens with one attached hydrogen (secondary N) is 1. The number of rotatable bonds is 4. The van der Waals surface area contributed by atoms with E-state index in [-0.39, 0.29) is 18.4 Å². The zero-order valence-corrected chi connectivity index (χ0v) is 14.4. The van der Waals surface area contributed by atoms with Crippen LogP contribution in [0.1, 0.15) is 10.4 Å². The highest BCUT2D eigenvalue weighted by Gasteiger charge is 2.19. The van der Waals surface area contributed by atoms with Gasteiger partial charge in [-0.05, 0) is 42.5 Å². The van der Waals surface area contributed by atoms with E-state index in [1.165, 1.54) is 4.90 Å². The number of carbonyl (C=O) groups is 2. The van der Waals surface area contributed by atoms with Crippen molar-refractivity contribution < 1.29 is 19.1 Å². The summed E-state index contributed by atoms with van der Waals surface area (Å²) in [5.41, 5.74) is 1.06.